The first-order chi connectivity index (χ1) is 12.4. The van der Waals surface area contributed by atoms with E-state index in [0.29, 0.717) is 11.8 Å². The molecule has 0 saturated carbocycles. The summed E-state index contributed by atoms with van der Waals surface area (Å²) in [7, 11) is 0. The van der Waals surface area contributed by atoms with Gasteiger partial charge in [-0.15, -0.1) is 0 Å². The van der Waals surface area contributed by atoms with Crippen LogP contribution in [0, 0.1) is 5.41 Å². The highest BCUT2D eigenvalue weighted by Gasteiger charge is 2.30. The van der Waals surface area contributed by atoms with Crippen molar-refractivity contribution in [2.75, 3.05) is 0 Å². The van der Waals surface area contributed by atoms with Gasteiger partial charge in [0.25, 0.3) is 0 Å². The average Bonchev–Trinajstić information content (AvgIpc) is 2.62. The Hall–Kier alpha value is -1.56. The van der Waals surface area contributed by atoms with Crippen molar-refractivity contribution in [3.05, 3.63) is 70.8 Å². The molecule has 0 spiro atoms. The van der Waals surface area contributed by atoms with E-state index in [1.165, 1.54) is 41.5 Å². The van der Waals surface area contributed by atoms with E-state index in [-0.39, 0.29) is 5.41 Å². The van der Waals surface area contributed by atoms with Crippen LogP contribution in [0.5, 0.6) is 0 Å². The van der Waals surface area contributed by atoms with Crippen LogP contribution in [0.1, 0.15) is 94.9 Å². The van der Waals surface area contributed by atoms with Gasteiger partial charge in [-0.3, -0.25) is 0 Å². The van der Waals surface area contributed by atoms with Gasteiger partial charge >= 0.3 is 0 Å². The van der Waals surface area contributed by atoms with E-state index in [1.807, 2.05) is 0 Å². The van der Waals surface area contributed by atoms with Crippen LogP contribution in [0.25, 0.3) is 0 Å². The molecule has 0 heteroatoms. The zero-order valence-corrected chi connectivity index (χ0v) is 17.8. The van der Waals surface area contributed by atoms with Crippen molar-refractivity contribution in [2.45, 2.75) is 85.5 Å². The third kappa shape index (κ3) is 5.47. The molecule has 0 amide bonds. The SMILES string of the molecule is CCCCC(c1ccc(C(C)C)cc1)C(C)(C)Cc1ccc(CC)cc1. The van der Waals surface area contributed by atoms with Crippen LogP contribution >= 0.6 is 0 Å². The Bertz CT molecular complexity index is 643. The summed E-state index contributed by atoms with van der Waals surface area (Å²) >= 11 is 0. The summed E-state index contributed by atoms with van der Waals surface area (Å²) in [6, 6.07) is 18.7. The molecule has 0 N–H and O–H groups in total. The van der Waals surface area contributed by atoms with Crippen LogP contribution in [0.15, 0.2) is 48.5 Å². The lowest BCUT2D eigenvalue weighted by Crippen LogP contribution is -2.25. The summed E-state index contributed by atoms with van der Waals surface area (Å²) in [4.78, 5) is 0. The first-order valence-electron chi connectivity index (χ1n) is 10.5. The Morgan fingerprint density at radius 2 is 1.31 bits per heavy atom. The van der Waals surface area contributed by atoms with Crippen molar-refractivity contribution in [1.82, 2.24) is 0 Å². The smallest absolute Gasteiger partial charge is 0.0107 e. The quantitative estimate of drug-likeness (QED) is 0.431. The molecule has 0 radical (unpaired) electrons. The minimum atomic E-state index is 0.252. The molecule has 0 aliphatic heterocycles. The summed E-state index contributed by atoms with van der Waals surface area (Å²) in [5.74, 6) is 1.21. The van der Waals surface area contributed by atoms with Gasteiger partial charge in [-0.1, -0.05) is 103 Å². The molecule has 26 heavy (non-hydrogen) atoms. The Kier molecular flexibility index (Phi) is 7.50. The van der Waals surface area contributed by atoms with Crippen LogP contribution in [-0.2, 0) is 12.8 Å². The highest BCUT2D eigenvalue weighted by molar-refractivity contribution is 5.30. The summed E-state index contributed by atoms with van der Waals surface area (Å²) < 4.78 is 0. The largest absolute Gasteiger partial charge is 0.0654 e. The zero-order valence-electron chi connectivity index (χ0n) is 17.8. The first-order valence-corrected chi connectivity index (χ1v) is 10.5. The number of rotatable bonds is 9. The minimum absolute atomic E-state index is 0.252. The molecular weight excluding hydrogens is 312 g/mol. The summed E-state index contributed by atoms with van der Waals surface area (Å²) in [6.07, 6.45) is 6.09. The van der Waals surface area contributed by atoms with Gasteiger partial charge in [-0.05, 0) is 58.8 Å². The van der Waals surface area contributed by atoms with Crippen molar-refractivity contribution in [1.29, 1.82) is 0 Å². The summed E-state index contributed by atoms with van der Waals surface area (Å²) in [6.45, 7) is 14.0. The molecule has 0 bridgehead atoms. The first kappa shape index (κ1) is 20.7. The number of benzene rings is 2. The Balaban J connectivity index is 2.24. The van der Waals surface area contributed by atoms with Crippen LogP contribution in [0.2, 0.25) is 0 Å². The molecule has 0 fully saturated rings. The van der Waals surface area contributed by atoms with E-state index >= 15 is 0 Å². The molecule has 1 unspecified atom stereocenters. The second-order valence-electron chi connectivity index (χ2n) is 8.85. The van der Waals surface area contributed by atoms with Gasteiger partial charge in [0.2, 0.25) is 0 Å². The molecule has 0 heterocycles. The maximum atomic E-state index is 2.46. The van der Waals surface area contributed by atoms with Crippen LogP contribution in [0.3, 0.4) is 0 Å². The number of aryl methyl sites for hydroxylation is 1. The minimum Gasteiger partial charge on any atom is -0.0654 e. The lowest BCUT2D eigenvalue weighted by Gasteiger charge is -2.35. The maximum absolute atomic E-state index is 2.46. The third-order valence-electron chi connectivity index (χ3n) is 5.89. The third-order valence-corrected chi connectivity index (χ3v) is 5.89. The molecule has 1 atom stereocenters. The van der Waals surface area contributed by atoms with Crippen LogP contribution < -0.4 is 0 Å². The molecule has 0 saturated heterocycles. The highest BCUT2D eigenvalue weighted by Crippen LogP contribution is 2.42. The molecular formula is C26H38. The van der Waals surface area contributed by atoms with E-state index in [2.05, 4.69) is 90.1 Å². The Morgan fingerprint density at radius 3 is 1.81 bits per heavy atom. The number of hydrogen-bond acceptors (Lipinski definition) is 0. The lowest BCUT2D eigenvalue weighted by atomic mass is 9.69. The average molecular weight is 351 g/mol. The summed E-state index contributed by atoms with van der Waals surface area (Å²) in [5.41, 5.74) is 6.10. The molecule has 2 aromatic carbocycles. The fourth-order valence-electron chi connectivity index (χ4n) is 4.07. The van der Waals surface area contributed by atoms with Gasteiger partial charge < -0.3 is 0 Å². The van der Waals surface area contributed by atoms with Crippen LogP contribution in [0.4, 0.5) is 0 Å². The molecule has 0 aliphatic rings. The fraction of sp³-hybridized carbons (Fsp3) is 0.538. The number of unbranched alkanes of at least 4 members (excludes halogenated alkanes) is 1. The molecule has 0 nitrogen and oxygen atoms in total. The van der Waals surface area contributed by atoms with E-state index in [4.69, 9.17) is 0 Å². The second-order valence-corrected chi connectivity index (χ2v) is 8.85. The van der Waals surface area contributed by atoms with E-state index in [1.54, 1.807) is 0 Å². The van der Waals surface area contributed by atoms with Gasteiger partial charge in [0.05, 0.1) is 0 Å². The highest BCUT2D eigenvalue weighted by atomic mass is 14.3. The van der Waals surface area contributed by atoms with Crippen molar-refractivity contribution in [3.63, 3.8) is 0 Å². The molecule has 0 aromatic heterocycles. The van der Waals surface area contributed by atoms with Crippen molar-refractivity contribution in [2.24, 2.45) is 5.41 Å². The van der Waals surface area contributed by atoms with Gasteiger partial charge in [0.1, 0.15) is 0 Å². The van der Waals surface area contributed by atoms with E-state index < -0.39 is 0 Å². The van der Waals surface area contributed by atoms with Gasteiger partial charge in [-0.25, -0.2) is 0 Å². The van der Waals surface area contributed by atoms with Crippen LogP contribution in [-0.4, -0.2) is 0 Å². The number of hydrogen-bond donors (Lipinski definition) is 0. The molecule has 2 rings (SSSR count). The second kappa shape index (κ2) is 9.40. The maximum Gasteiger partial charge on any atom is -0.0107 e. The standard InChI is InChI=1S/C26H38/c1-7-9-10-25(24-17-15-23(16-18-24)20(3)4)26(5,6)19-22-13-11-21(8-2)12-14-22/h11-18,20,25H,7-10,19H2,1-6H3. The van der Waals surface area contributed by atoms with E-state index in [0.717, 1.165) is 12.8 Å². The van der Waals surface area contributed by atoms with Crippen molar-refractivity contribution < 1.29 is 0 Å². The predicted molar refractivity (Wildman–Crippen MR) is 116 cm³/mol. The summed E-state index contributed by atoms with van der Waals surface area (Å²) in [5, 5.41) is 0. The zero-order chi connectivity index (χ0) is 19.2. The normalized spacial score (nSPS) is 13.2. The Labute approximate surface area is 162 Å². The van der Waals surface area contributed by atoms with Crippen molar-refractivity contribution >= 4 is 0 Å². The predicted octanol–water partition coefficient (Wildman–Crippen LogP) is 7.92. The molecule has 142 valence electrons. The monoisotopic (exact) mass is 350 g/mol. The lowest BCUT2D eigenvalue weighted by molar-refractivity contribution is 0.265. The fourth-order valence-corrected chi connectivity index (χ4v) is 4.07. The van der Waals surface area contributed by atoms with Gasteiger partial charge in [0, 0.05) is 0 Å². The molecule has 2 aromatic rings. The van der Waals surface area contributed by atoms with E-state index in [9.17, 15) is 0 Å². The molecule has 0 aliphatic carbocycles. The topological polar surface area (TPSA) is 0 Å². The Morgan fingerprint density at radius 1 is 0.769 bits per heavy atom. The van der Waals surface area contributed by atoms with Gasteiger partial charge in [0.15, 0.2) is 0 Å². The van der Waals surface area contributed by atoms with Crippen molar-refractivity contribution in [3.8, 4) is 0 Å². The van der Waals surface area contributed by atoms with Gasteiger partial charge in [-0.2, -0.15) is 0 Å².